The van der Waals surface area contributed by atoms with Crippen LogP contribution in [0.25, 0.3) is 17.2 Å². The molecule has 32 heavy (non-hydrogen) atoms. The van der Waals surface area contributed by atoms with Gasteiger partial charge in [0.25, 0.3) is 0 Å². The van der Waals surface area contributed by atoms with E-state index in [4.69, 9.17) is 14.6 Å². The Bertz CT molecular complexity index is 1100. The van der Waals surface area contributed by atoms with Crippen LogP contribution in [-0.2, 0) is 17.4 Å². The van der Waals surface area contributed by atoms with E-state index in [9.17, 15) is 18.0 Å². The van der Waals surface area contributed by atoms with Crippen molar-refractivity contribution in [3.8, 4) is 22.6 Å². The van der Waals surface area contributed by atoms with E-state index in [0.29, 0.717) is 22.6 Å². The van der Waals surface area contributed by atoms with Crippen molar-refractivity contribution in [1.82, 2.24) is 0 Å². The summed E-state index contributed by atoms with van der Waals surface area (Å²) in [7, 11) is 1.52. The van der Waals surface area contributed by atoms with E-state index in [0.717, 1.165) is 23.3 Å². The highest BCUT2D eigenvalue weighted by atomic mass is 19.4. The average Bonchev–Trinajstić information content (AvgIpc) is 2.76. The Morgan fingerprint density at radius 2 is 1.69 bits per heavy atom. The van der Waals surface area contributed by atoms with Crippen LogP contribution >= 0.6 is 0 Å². The monoisotopic (exact) mass is 442 g/mol. The molecule has 0 heterocycles. The van der Waals surface area contributed by atoms with Gasteiger partial charge in [0, 0.05) is 0 Å². The molecule has 0 aromatic heterocycles. The zero-order valence-electron chi connectivity index (χ0n) is 17.2. The van der Waals surface area contributed by atoms with E-state index < -0.39 is 17.7 Å². The third-order valence-electron chi connectivity index (χ3n) is 4.62. The van der Waals surface area contributed by atoms with Crippen LogP contribution in [0.5, 0.6) is 11.5 Å². The zero-order chi connectivity index (χ0) is 23.1. The summed E-state index contributed by atoms with van der Waals surface area (Å²) in [6.07, 6.45) is -1.07. The lowest BCUT2D eigenvalue weighted by Crippen LogP contribution is -2.03. The SMILES string of the molecule is COc1cc(CC(=O)O)cc(-c2cccc(OCC=Cc3ccc(C(F)(F)F)cc3)c2)c1. The first-order valence-corrected chi connectivity index (χ1v) is 9.71. The van der Waals surface area contributed by atoms with E-state index >= 15 is 0 Å². The molecule has 0 saturated carbocycles. The molecule has 0 amide bonds. The fraction of sp³-hybridized carbons (Fsp3) is 0.160. The number of hydrogen-bond acceptors (Lipinski definition) is 3. The van der Waals surface area contributed by atoms with Gasteiger partial charge in [-0.3, -0.25) is 4.79 Å². The van der Waals surface area contributed by atoms with E-state index in [-0.39, 0.29) is 13.0 Å². The second kappa shape index (κ2) is 10.0. The standard InChI is InChI=1S/C25H21F3O4/c1-31-23-13-18(14-24(29)30)12-20(16-23)19-5-2-6-22(15-19)32-11-3-4-17-7-9-21(10-8-17)25(26,27)28/h2-10,12-13,15-16H,11,14H2,1H3,(H,29,30). The first-order valence-electron chi connectivity index (χ1n) is 9.71. The van der Waals surface area contributed by atoms with E-state index in [1.54, 1.807) is 30.4 Å². The molecule has 3 rings (SSSR count). The summed E-state index contributed by atoms with van der Waals surface area (Å²) in [5.41, 5.74) is 2.20. The lowest BCUT2D eigenvalue weighted by atomic mass is 10.0. The van der Waals surface area contributed by atoms with Crippen LogP contribution in [0.2, 0.25) is 0 Å². The summed E-state index contributed by atoms with van der Waals surface area (Å²) in [6.45, 7) is 0.229. The maximum Gasteiger partial charge on any atom is 0.416 e. The summed E-state index contributed by atoms with van der Waals surface area (Å²) < 4.78 is 48.9. The van der Waals surface area contributed by atoms with Gasteiger partial charge in [-0.05, 0) is 64.7 Å². The summed E-state index contributed by atoms with van der Waals surface area (Å²) in [5.74, 6) is 0.229. The van der Waals surface area contributed by atoms with Crippen molar-refractivity contribution in [2.45, 2.75) is 12.6 Å². The van der Waals surface area contributed by atoms with Crippen molar-refractivity contribution in [3.63, 3.8) is 0 Å². The molecule has 0 unspecified atom stereocenters. The third-order valence-corrected chi connectivity index (χ3v) is 4.62. The fourth-order valence-corrected chi connectivity index (χ4v) is 3.10. The Balaban J connectivity index is 1.68. The number of carboxylic acids is 1. The van der Waals surface area contributed by atoms with Gasteiger partial charge in [-0.2, -0.15) is 13.2 Å². The smallest absolute Gasteiger partial charge is 0.416 e. The maximum atomic E-state index is 12.6. The van der Waals surface area contributed by atoms with Gasteiger partial charge in [0.2, 0.25) is 0 Å². The molecule has 1 N–H and O–H groups in total. The highest BCUT2D eigenvalue weighted by Crippen LogP contribution is 2.30. The molecule has 0 aliphatic carbocycles. The van der Waals surface area contributed by atoms with Gasteiger partial charge >= 0.3 is 12.1 Å². The minimum absolute atomic E-state index is 0.116. The first kappa shape index (κ1) is 22.9. The van der Waals surface area contributed by atoms with Crippen molar-refractivity contribution in [2.24, 2.45) is 0 Å². The minimum atomic E-state index is -4.35. The van der Waals surface area contributed by atoms with Gasteiger partial charge < -0.3 is 14.6 Å². The molecule has 0 fully saturated rings. The van der Waals surface area contributed by atoms with Crippen molar-refractivity contribution in [3.05, 3.63) is 89.5 Å². The molecule has 4 nitrogen and oxygen atoms in total. The third kappa shape index (κ3) is 6.38. The maximum absolute atomic E-state index is 12.6. The Kier molecular flexibility index (Phi) is 7.20. The fourth-order valence-electron chi connectivity index (χ4n) is 3.10. The van der Waals surface area contributed by atoms with Crippen molar-refractivity contribution in [2.75, 3.05) is 13.7 Å². The highest BCUT2D eigenvalue weighted by Gasteiger charge is 2.29. The van der Waals surface area contributed by atoms with Gasteiger partial charge in [-0.15, -0.1) is 0 Å². The normalized spacial score (nSPS) is 11.5. The lowest BCUT2D eigenvalue weighted by Gasteiger charge is -2.10. The van der Waals surface area contributed by atoms with Crippen LogP contribution in [0.1, 0.15) is 16.7 Å². The van der Waals surface area contributed by atoms with Crippen LogP contribution in [0, 0.1) is 0 Å². The number of carbonyl (C=O) groups is 1. The zero-order valence-corrected chi connectivity index (χ0v) is 17.2. The van der Waals surface area contributed by atoms with E-state index in [1.165, 1.54) is 19.2 Å². The molecule has 0 radical (unpaired) electrons. The topological polar surface area (TPSA) is 55.8 Å². The number of aliphatic carboxylic acids is 1. The second-order valence-corrected chi connectivity index (χ2v) is 7.00. The van der Waals surface area contributed by atoms with Crippen molar-refractivity contribution in [1.29, 1.82) is 0 Å². The number of rotatable bonds is 8. The molecule has 0 aliphatic rings. The molecule has 0 spiro atoms. The summed E-state index contributed by atoms with van der Waals surface area (Å²) in [4.78, 5) is 11.1. The predicted octanol–water partition coefficient (Wildman–Crippen LogP) is 6.10. The van der Waals surface area contributed by atoms with Gasteiger partial charge in [0.05, 0.1) is 19.1 Å². The van der Waals surface area contributed by atoms with Gasteiger partial charge in [0.15, 0.2) is 0 Å². The molecule has 166 valence electrons. The van der Waals surface area contributed by atoms with Crippen LogP contribution < -0.4 is 9.47 Å². The molecule has 0 bridgehead atoms. The molecule has 0 atom stereocenters. The van der Waals surface area contributed by atoms with E-state index in [2.05, 4.69) is 0 Å². The minimum Gasteiger partial charge on any atom is -0.497 e. The molecular weight excluding hydrogens is 421 g/mol. The summed E-state index contributed by atoms with van der Waals surface area (Å²) in [5, 5.41) is 9.07. The number of ether oxygens (including phenoxy) is 2. The number of methoxy groups -OCH3 is 1. The molecule has 3 aromatic rings. The average molecular weight is 442 g/mol. The predicted molar refractivity (Wildman–Crippen MR) is 116 cm³/mol. The van der Waals surface area contributed by atoms with Crippen molar-refractivity contribution >= 4 is 12.0 Å². The Labute approximate surface area is 183 Å². The summed E-state index contributed by atoms with van der Waals surface area (Å²) >= 11 is 0. The molecule has 0 saturated heterocycles. The van der Waals surface area contributed by atoms with Gasteiger partial charge in [-0.25, -0.2) is 0 Å². The van der Waals surface area contributed by atoms with Gasteiger partial charge in [-0.1, -0.05) is 36.4 Å². The Morgan fingerprint density at radius 3 is 2.34 bits per heavy atom. The number of carboxylic acid groups (broad SMARTS) is 1. The molecule has 7 heteroatoms. The lowest BCUT2D eigenvalue weighted by molar-refractivity contribution is -0.138. The Hall–Kier alpha value is -3.74. The number of alkyl halides is 3. The van der Waals surface area contributed by atoms with Crippen LogP contribution in [0.15, 0.2) is 72.8 Å². The molecule has 3 aromatic carbocycles. The van der Waals surface area contributed by atoms with Crippen LogP contribution in [-0.4, -0.2) is 24.8 Å². The summed E-state index contributed by atoms with van der Waals surface area (Å²) in [6, 6.07) is 17.5. The number of benzene rings is 3. The highest BCUT2D eigenvalue weighted by molar-refractivity contribution is 5.73. The number of hydrogen-bond donors (Lipinski definition) is 1. The van der Waals surface area contributed by atoms with E-state index in [1.807, 2.05) is 24.3 Å². The van der Waals surface area contributed by atoms with Crippen molar-refractivity contribution < 1.29 is 32.5 Å². The van der Waals surface area contributed by atoms with Crippen LogP contribution in [0.3, 0.4) is 0 Å². The Morgan fingerprint density at radius 1 is 0.969 bits per heavy atom. The molecular formula is C25H21F3O4. The molecule has 0 aliphatic heterocycles. The second-order valence-electron chi connectivity index (χ2n) is 7.00. The van der Waals surface area contributed by atoms with Crippen LogP contribution in [0.4, 0.5) is 13.2 Å². The first-order chi connectivity index (χ1) is 15.2. The van der Waals surface area contributed by atoms with Gasteiger partial charge in [0.1, 0.15) is 18.1 Å². The quantitative estimate of drug-likeness (QED) is 0.458. The number of halogens is 3. The largest absolute Gasteiger partial charge is 0.497 e.